The van der Waals surface area contributed by atoms with E-state index in [4.69, 9.17) is 0 Å². The smallest absolute Gasteiger partial charge is 0.0653 e. The van der Waals surface area contributed by atoms with Crippen LogP contribution >= 0.6 is 0 Å². The van der Waals surface area contributed by atoms with Gasteiger partial charge in [0.05, 0.1) is 12.9 Å². The molecule has 0 saturated heterocycles. The van der Waals surface area contributed by atoms with Crippen LogP contribution in [0.4, 0.5) is 0 Å². The first kappa shape index (κ1) is 10.2. The second kappa shape index (κ2) is 9.21. The Morgan fingerprint density at radius 1 is 1.45 bits per heavy atom. The van der Waals surface area contributed by atoms with Gasteiger partial charge in [-0.05, 0) is 18.8 Å². The molecule has 0 fully saturated rings. The maximum Gasteiger partial charge on any atom is 0.0653 e. The van der Waals surface area contributed by atoms with E-state index in [0.717, 1.165) is 26.2 Å². The first-order valence-electron chi connectivity index (χ1n) is 4.09. The van der Waals surface area contributed by atoms with Crippen LogP contribution < -0.4 is 10.6 Å². The number of hydrogen-bond donors (Lipinski definition) is 2. The van der Waals surface area contributed by atoms with E-state index in [0.29, 0.717) is 0 Å². The minimum Gasteiger partial charge on any atom is -0.371 e. The van der Waals surface area contributed by atoms with Crippen molar-refractivity contribution in [3.8, 4) is 0 Å². The molecule has 0 atom stereocenters. The van der Waals surface area contributed by atoms with E-state index < -0.39 is 0 Å². The van der Waals surface area contributed by atoms with Gasteiger partial charge in [-0.1, -0.05) is 13.8 Å². The summed E-state index contributed by atoms with van der Waals surface area (Å²) in [6.07, 6.45) is 2.81. The minimum atomic E-state index is 0.783. The van der Waals surface area contributed by atoms with Crippen molar-refractivity contribution >= 4 is 5.87 Å². The molecular weight excluding hydrogens is 138 g/mol. The Morgan fingerprint density at radius 3 is 2.91 bits per heavy atom. The van der Waals surface area contributed by atoms with Crippen molar-refractivity contribution < 1.29 is 0 Å². The summed E-state index contributed by atoms with van der Waals surface area (Å²) in [7, 11) is 0. The van der Waals surface area contributed by atoms with Gasteiger partial charge in [0.1, 0.15) is 0 Å². The normalized spacial score (nSPS) is 8.55. The molecule has 64 valence electrons. The summed E-state index contributed by atoms with van der Waals surface area (Å²) in [5, 5.41) is 6.12. The summed E-state index contributed by atoms with van der Waals surface area (Å²) >= 11 is 0. The van der Waals surface area contributed by atoms with E-state index in [2.05, 4.69) is 35.3 Å². The lowest BCUT2D eigenvalue weighted by Gasteiger charge is -1.97. The molecule has 0 aliphatic carbocycles. The van der Waals surface area contributed by atoms with Gasteiger partial charge in [-0.3, -0.25) is 0 Å². The zero-order chi connectivity index (χ0) is 8.36. The lowest BCUT2D eigenvalue weighted by molar-refractivity contribution is 0.678. The quantitative estimate of drug-likeness (QED) is 0.337. The van der Waals surface area contributed by atoms with Crippen LogP contribution in [0.2, 0.25) is 0 Å². The van der Waals surface area contributed by atoms with Crippen molar-refractivity contribution in [3.63, 3.8) is 0 Å². The molecule has 0 aromatic rings. The van der Waals surface area contributed by atoms with Crippen LogP contribution in [0.25, 0.3) is 0 Å². The van der Waals surface area contributed by atoms with Crippen molar-refractivity contribution in [2.75, 3.05) is 19.8 Å². The summed E-state index contributed by atoms with van der Waals surface area (Å²) in [5.41, 5.74) is 0. The van der Waals surface area contributed by atoms with Gasteiger partial charge in [0, 0.05) is 6.54 Å². The van der Waals surface area contributed by atoms with Gasteiger partial charge in [0.25, 0.3) is 0 Å². The van der Waals surface area contributed by atoms with E-state index in [9.17, 15) is 0 Å². The lowest BCUT2D eigenvalue weighted by Crippen LogP contribution is -2.24. The molecule has 0 aromatic heterocycles. The number of nitrogens with one attached hydrogen (secondary N) is 2. The molecule has 0 aliphatic rings. The molecule has 0 radical (unpaired) electrons. The third-order valence-corrected chi connectivity index (χ3v) is 1.07. The monoisotopic (exact) mass is 155 g/mol. The molecule has 11 heavy (non-hydrogen) atoms. The third kappa shape index (κ3) is 9.21. The van der Waals surface area contributed by atoms with Crippen molar-refractivity contribution in [3.05, 3.63) is 6.20 Å². The fourth-order valence-electron chi connectivity index (χ4n) is 0.516. The molecule has 0 aliphatic heterocycles. The lowest BCUT2D eigenvalue weighted by atomic mass is 10.5. The Hall–Kier alpha value is -0.790. The summed E-state index contributed by atoms with van der Waals surface area (Å²) in [4.78, 5) is 3.99. The number of aliphatic imine (C=N–C) groups is 1. The van der Waals surface area contributed by atoms with E-state index >= 15 is 0 Å². The van der Waals surface area contributed by atoms with Crippen LogP contribution in [0.5, 0.6) is 0 Å². The summed E-state index contributed by atoms with van der Waals surface area (Å²) < 4.78 is 0. The van der Waals surface area contributed by atoms with E-state index in [-0.39, 0.29) is 0 Å². The van der Waals surface area contributed by atoms with Gasteiger partial charge in [-0.25, -0.2) is 4.99 Å². The molecule has 3 heteroatoms. The van der Waals surface area contributed by atoms with Crippen LogP contribution in [-0.4, -0.2) is 25.6 Å². The highest BCUT2D eigenvalue weighted by Crippen LogP contribution is 1.72. The maximum absolute atomic E-state index is 3.99. The van der Waals surface area contributed by atoms with Crippen molar-refractivity contribution in [2.24, 2.45) is 4.99 Å². The topological polar surface area (TPSA) is 36.4 Å². The zero-order valence-electron chi connectivity index (χ0n) is 7.35. The number of rotatable bonds is 6. The Morgan fingerprint density at radius 2 is 2.27 bits per heavy atom. The van der Waals surface area contributed by atoms with Gasteiger partial charge in [-0.15, -0.1) is 0 Å². The first-order valence-corrected chi connectivity index (χ1v) is 4.09. The van der Waals surface area contributed by atoms with Crippen molar-refractivity contribution in [1.29, 1.82) is 0 Å². The van der Waals surface area contributed by atoms with Crippen molar-refractivity contribution in [2.45, 2.75) is 20.3 Å². The van der Waals surface area contributed by atoms with Crippen LogP contribution in [0.1, 0.15) is 20.3 Å². The molecule has 0 amide bonds. The molecule has 0 spiro atoms. The Kier molecular flexibility index (Phi) is 8.55. The largest absolute Gasteiger partial charge is 0.371 e. The second-order valence-corrected chi connectivity index (χ2v) is 2.14. The van der Waals surface area contributed by atoms with E-state index in [1.54, 1.807) is 6.20 Å². The average molecular weight is 155 g/mol. The van der Waals surface area contributed by atoms with Crippen LogP contribution in [0.3, 0.4) is 0 Å². The molecule has 0 unspecified atom stereocenters. The SMILES string of the molecule is CCCN=C=CNCNCC. The van der Waals surface area contributed by atoms with Crippen LogP contribution in [-0.2, 0) is 0 Å². The molecule has 0 aromatic carbocycles. The van der Waals surface area contributed by atoms with Gasteiger partial charge < -0.3 is 10.6 Å². The summed E-state index contributed by atoms with van der Waals surface area (Å²) in [6, 6.07) is 0. The molecule has 3 nitrogen and oxygen atoms in total. The highest BCUT2D eigenvalue weighted by atomic mass is 15.0. The minimum absolute atomic E-state index is 0.783. The molecule has 0 saturated carbocycles. The Balaban J connectivity index is 3.14. The fraction of sp³-hybridized carbons (Fsp3) is 0.750. The van der Waals surface area contributed by atoms with Gasteiger partial charge in [-0.2, -0.15) is 0 Å². The molecule has 0 bridgehead atoms. The molecule has 2 N–H and O–H groups in total. The molecule has 0 rings (SSSR count). The van der Waals surface area contributed by atoms with Gasteiger partial charge in [0.2, 0.25) is 0 Å². The van der Waals surface area contributed by atoms with Crippen molar-refractivity contribution in [1.82, 2.24) is 10.6 Å². The van der Waals surface area contributed by atoms with Crippen LogP contribution in [0, 0.1) is 0 Å². The molecule has 0 heterocycles. The Labute approximate surface area is 68.6 Å². The van der Waals surface area contributed by atoms with Gasteiger partial charge in [0.15, 0.2) is 0 Å². The highest BCUT2D eigenvalue weighted by molar-refractivity contribution is 5.50. The fourth-order valence-corrected chi connectivity index (χ4v) is 0.516. The maximum atomic E-state index is 3.99. The highest BCUT2D eigenvalue weighted by Gasteiger charge is 1.73. The second-order valence-electron chi connectivity index (χ2n) is 2.14. The standard InChI is InChI=1S/C8H17N3/c1-3-5-10-6-7-11-8-9-4-2/h7,9,11H,3-5,8H2,1-2H3. The van der Waals surface area contributed by atoms with Gasteiger partial charge >= 0.3 is 0 Å². The predicted octanol–water partition coefficient (Wildman–Crippen LogP) is 0.736. The van der Waals surface area contributed by atoms with Crippen LogP contribution in [0.15, 0.2) is 11.2 Å². The van der Waals surface area contributed by atoms with E-state index in [1.165, 1.54) is 0 Å². The Bertz CT molecular complexity index is 125. The number of hydrogen-bond acceptors (Lipinski definition) is 3. The first-order chi connectivity index (χ1) is 5.41. The predicted molar refractivity (Wildman–Crippen MR) is 48.8 cm³/mol. The summed E-state index contributed by atoms with van der Waals surface area (Å²) in [5.74, 6) is 2.79. The summed E-state index contributed by atoms with van der Waals surface area (Å²) in [6.45, 7) is 6.78. The third-order valence-electron chi connectivity index (χ3n) is 1.07. The number of nitrogens with zero attached hydrogens (tertiary/aromatic N) is 1. The van der Waals surface area contributed by atoms with E-state index in [1.807, 2.05) is 0 Å². The average Bonchev–Trinajstić information content (AvgIpc) is 2.03. The zero-order valence-corrected chi connectivity index (χ0v) is 7.35. The molecular formula is C8H17N3.